The average Bonchev–Trinajstić information content (AvgIpc) is 2.84. The molecule has 0 amide bonds. The zero-order valence-electron chi connectivity index (χ0n) is 20.5. The first kappa shape index (κ1) is 24.7. The lowest BCUT2D eigenvalue weighted by atomic mass is 9.65. The highest BCUT2D eigenvalue weighted by molar-refractivity contribution is 5.45. The molecular formula is C31H36F2O. The van der Waals surface area contributed by atoms with Crippen molar-refractivity contribution in [2.24, 2.45) is 11.8 Å². The number of halogens is 2. The van der Waals surface area contributed by atoms with Gasteiger partial charge in [0.25, 0.3) is 0 Å². The third-order valence-corrected chi connectivity index (χ3v) is 7.62. The van der Waals surface area contributed by atoms with Crippen LogP contribution in [0.25, 0.3) is 0 Å². The van der Waals surface area contributed by atoms with E-state index >= 15 is 4.39 Å². The molecule has 0 radical (unpaired) electrons. The van der Waals surface area contributed by atoms with Gasteiger partial charge >= 0.3 is 0 Å². The minimum atomic E-state index is -0.321. The number of rotatable bonds is 6. The van der Waals surface area contributed by atoms with Crippen LogP contribution in [0, 0.1) is 35.3 Å². The fourth-order valence-electron chi connectivity index (χ4n) is 5.82. The van der Waals surface area contributed by atoms with Crippen LogP contribution in [-0.2, 0) is 11.2 Å². The summed E-state index contributed by atoms with van der Waals surface area (Å²) in [6.45, 7) is 4.84. The smallest absolute Gasteiger partial charge is 0.139 e. The largest absolute Gasteiger partial charge is 0.378 e. The van der Waals surface area contributed by atoms with Gasteiger partial charge in [0.1, 0.15) is 11.6 Å². The topological polar surface area (TPSA) is 9.23 Å². The van der Waals surface area contributed by atoms with E-state index in [-0.39, 0.29) is 17.6 Å². The van der Waals surface area contributed by atoms with Gasteiger partial charge in [0.2, 0.25) is 0 Å². The number of aryl methyl sites for hydroxylation is 1. The molecule has 2 aromatic carbocycles. The fourth-order valence-corrected chi connectivity index (χ4v) is 5.82. The summed E-state index contributed by atoms with van der Waals surface area (Å²) < 4.78 is 35.4. The van der Waals surface area contributed by atoms with Crippen molar-refractivity contribution in [3.8, 4) is 11.8 Å². The number of benzene rings is 2. The maximum atomic E-state index is 15.1. The third-order valence-electron chi connectivity index (χ3n) is 7.62. The van der Waals surface area contributed by atoms with Crippen LogP contribution in [0.5, 0.6) is 0 Å². The minimum Gasteiger partial charge on any atom is -0.378 e. The molecule has 4 unspecified atom stereocenters. The Morgan fingerprint density at radius 1 is 0.941 bits per heavy atom. The lowest BCUT2D eigenvalue weighted by Crippen LogP contribution is -2.33. The monoisotopic (exact) mass is 462 g/mol. The predicted molar refractivity (Wildman–Crippen MR) is 135 cm³/mol. The Bertz CT molecular complexity index is 1060. The van der Waals surface area contributed by atoms with Gasteiger partial charge in [-0.3, -0.25) is 0 Å². The molecule has 2 aliphatic rings. The zero-order chi connectivity index (χ0) is 23.9. The molecule has 4 rings (SSSR count). The lowest BCUT2D eigenvalue weighted by molar-refractivity contribution is -0.00968. The van der Waals surface area contributed by atoms with Crippen molar-refractivity contribution in [1.82, 2.24) is 0 Å². The summed E-state index contributed by atoms with van der Waals surface area (Å²) in [5, 5.41) is 0. The van der Waals surface area contributed by atoms with Crippen molar-refractivity contribution >= 4 is 0 Å². The van der Waals surface area contributed by atoms with E-state index in [2.05, 4.69) is 24.8 Å². The molecule has 180 valence electrons. The van der Waals surface area contributed by atoms with Crippen molar-refractivity contribution < 1.29 is 13.5 Å². The second-order valence-corrected chi connectivity index (χ2v) is 9.83. The molecular weight excluding hydrogens is 426 g/mol. The predicted octanol–water partition coefficient (Wildman–Crippen LogP) is 7.96. The van der Waals surface area contributed by atoms with Crippen molar-refractivity contribution in [3.05, 3.63) is 82.4 Å². The van der Waals surface area contributed by atoms with Gasteiger partial charge in [-0.25, -0.2) is 8.78 Å². The van der Waals surface area contributed by atoms with Crippen LogP contribution in [0.15, 0.2) is 48.6 Å². The number of fused-ring (bicyclic) bond motifs is 1. The van der Waals surface area contributed by atoms with E-state index < -0.39 is 0 Å². The second kappa shape index (κ2) is 11.8. The van der Waals surface area contributed by atoms with Crippen molar-refractivity contribution in [2.45, 2.75) is 77.2 Å². The van der Waals surface area contributed by atoms with E-state index in [4.69, 9.17) is 4.74 Å². The fraction of sp³-hybridized carbons (Fsp3) is 0.484. The standard InChI is InChI=1S/C31H36F2O/c1-3-5-6-7-22-8-11-24(30(32)18-22)12-9-23-10-17-29(31(33)19-23)27-14-13-26-21-28(34-4-2)16-15-25(26)20-27/h3,5,8,10-11,17-19,25-28H,4,6-7,13-16,20-21H2,1-2H3/b5-3+. The average molecular weight is 463 g/mol. The summed E-state index contributed by atoms with van der Waals surface area (Å²) in [7, 11) is 0. The van der Waals surface area contributed by atoms with Crippen LogP contribution in [0.2, 0.25) is 0 Å². The van der Waals surface area contributed by atoms with Gasteiger partial charge in [-0.15, -0.1) is 0 Å². The number of hydrogen-bond donors (Lipinski definition) is 0. The highest BCUT2D eigenvalue weighted by atomic mass is 19.1. The lowest BCUT2D eigenvalue weighted by Gasteiger charge is -2.42. The van der Waals surface area contributed by atoms with E-state index in [1.54, 1.807) is 12.1 Å². The summed E-state index contributed by atoms with van der Waals surface area (Å²) in [5.74, 6) is 7.01. The molecule has 2 saturated carbocycles. The van der Waals surface area contributed by atoms with Crippen molar-refractivity contribution in [1.29, 1.82) is 0 Å². The molecule has 2 aromatic rings. The molecule has 0 spiro atoms. The molecule has 0 N–H and O–H groups in total. The van der Waals surface area contributed by atoms with Gasteiger partial charge in [0, 0.05) is 12.2 Å². The molecule has 34 heavy (non-hydrogen) atoms. The first-order chi connectivity index (χ1) is 16.6. The summed E-state index contributed by atoms with van der Waals surface area (Å²) in [6, 6.07) is 10.5. The first-order valence-corrected chi connectivity index (χ1v) is 12.9. The Balaban J connectivity index is 1.40. The summed E-state index contributed by atoms with van der Waals surface area (Å²) in [6.07, 6.45) is 12.9. The molecule has 2 aliphatic carbocycles. The van der Waals surface area contributed by atoms with E-state index in [0.29, 0.717) is 23.1 Å². The Hall–Kier alpha value is -2.44. The normalized spacial score (nSPS) is 24.5. The van der Waals surface area contributed by atoms with E-state index in [1.165, 1.54) is 12.5 Å². The van der Waals surface area contributed by atoms with E-state index in [1.807, 2.05) is 31.2 Å². The maximum absolute atomic E-state index is 15.1. The van der Waals surface area contributed by atoms with Crippen LogP contribution in [0.3, 0.4) is 0 Å². The zero-order valence-corrected chi connectivity index (χ0v) is 20.5. The summed E-state index contributed by atoms with van der Waals surface area (Å²) in [4.78, 5) is 0. The highest BCUT2D eigenvalue weighted by Gasteiger charge is 2.36. The van der Waals surface area contributed by atoms with Crippen LogP contribution >= 0.6 is 0 Å². The van der Waals surface area contributed by atoms with Crippen LogP contribution in [0.4, 0.5) is 8.78 Å². The Morgan fingerprint density at radius 3 is 2.53 bits per heavy atom. The van der Waals surface area contributed by atoms with Gasteiger partial charge in [-0.1, -0.05) is 36.1 Å². The Labute approximate surface area is 203 Å². The number of allylic oxidation sites excluding steroid dienone is 2. The van der Waals surface area contributed by atoms with Gasteiger partial charge in [-0.2, -0.15) is 0 Å². The van der Waals surface area contributed by atoms with E-state index in [0.717, 1.165) is 68.6 Å². The maximum Gasteiger partial charge on any atom is 0.139 e. The Morgan fingerprint density at radius 2 is 1.76 bits per heavy atom. The molecule has 0 aliphatic heterocycles. The van der Waals surface area contributed by atoms with Crippen LogP contribution in [0.1, 0.15) is 87.0 Å². The molecule has 3 heteroatoms. The number of ether oxygens (including phenoxy) is 1. The molecule has 2 fully saturated rings. The van der Waals surface area contributed by atoms with Gasteiger partial charge in [0.05, 0.1) is 11.7 Å². The van der Waals surface area contributed by atoms with Crippen molar-refractivity contribution in [3.63, 3.8) is 0 Å². The van der Waals surface area contributed by atoms with Gasteiger partial charge in [-0.05, 0) is 118 Å². The van der Waals surface area contributed by atoms with Crippen LogP contribution in [-0.4, -0.2) is 12.7 Å². The molecule has 4 atom stereocenters. The second-order valence-electron chi connectivity index (χ2n) is 9.83. The molecule has 0 aromatic heterocycles. The molecule has 0 heterocycles. The molecule has 0 bridgehead atoms. The molecule has 1 nitrogen and oxygen atoms in total. The molecule has 0 saturated heterocycles. The van der Waals surface area contributed by atoms with Crippen molar-refractivity contribution in [2.75, 3.05) is 6.61 Å². The highest BCUT2D eigenvalue weighted by Crippen LogP contribution is 2.47. The summed E-state index contributed by atoms with van der Waals surface area (Å²) in [5.41, 5.74) is 2.70. The van der Waals surface area contributed by atoms with Gasteiger partial charge in [0.15, 0.2) is 0 Å². The first-order valence-electron chi connectivity index (χ1n) is 12.9. The van der Waals surface area contributed by atoms with Gasteiger partial charge < -0.3 is 4.74 Å². The number of hydrogen-bond acceptors (Lipinski definition) is 1. The van der Waals surface area contributed by atoms with E-state index in [9.17, 15) is 4.39 Å². The third kappa shape index (κ3) is 6.16. The SMILES string of the molecule is C/C=C/CCc1ccc(C#Cc2ccc(C3CCC4CC(OCC)CCC4C3)c(F)c2)c(F)c1. The quantitative estimate of drug-likeness (QED) is 0.312. The van der Waals surface area contributed by atoms with Crippen LogP contribution < -0.4 is 0 Å². The summed E-state index contributed by atoms with van der Waals surface area (Å²) >= 11 is 0. The Kier molecular flexibility index (Phi) is 8.57. The minimum absolute atomic E-state index is 0.182.